The Morgan fingerprint density at radius 1 is 1.00 bits per heavy atom. The largest absolute Gasteiger partial charge is 0.379 e. The zero-order chi connectivity index (χ0) is 23.4. The van der Waals surface area contributed by atoms with Crippen LogP contribution in [0.5, 0.6) is 5.75 Å². The van der Waals surface area contributed by atoms with Gasteiger partial charge in [-0.1, -0.05) is 50.2 Å². The number of hydrogen-bond donors (Lipinski definition) is 1. The van der Waals surface area contributed by atoms with Crippen molar-refractivity contribution in [3.05, 3.63) is 100 Å². The second-order valence-electron chi connectivity index (χ2n) is 7.75. The van der Waals surface area contributed by atoms with E-state index in [1.165, 1.54) is 42.5 Å². The van der Waals surface area contributed by atoms with Crippen LogP contribution in [0.2, 0.25) is 0 Å². The maximum Gasteiger partial charge on any atom is 0.339 e. The van der Waals surface area contributed by atoms with Crippen molar-refractivity contribution in [2.24, 2.45) is 0 Å². The summed E-state index contributed by atoms with van der Waals surface area (Å²) in [6.45, 7) is 4.46. The summed E-state index contributed by atoms with van der Waals surface area (Å²) in [6, 6.07) is 20.0. The number of nitrogens with zero attached hydrogens (tertiary/aromatic N) is 1. The SMILES string of the molecule is CC(C)(CNC(=O)c1ccc(OS(=O)(=O)c2cccc([N+](=O)[O-])c2)cc1)c1ccccc1. The molecule has 1 amide bonds. The lowest BCUT2D eigenvalue weighted by atomic mass is 9.84. The van der Waals surface area contributed by atoms with Gasteiger partial charge in [-0.25, -0.2) is 0 Å². The van der Waals surface area contributed by atoms with Crippen molar-refractivity contribution < 1.29 is 22.3 Å². The molecule has 8 nitrogen and oxygen atoms in total. The van der Waals surface area contributed by atoms with Crippen molar-refractivity contribution in [1.82, 2.24) is 5.32 Å². The van der Waals surface area contributed by atoms with Crippen LogP contribution in [0, 0.1) is 10.1 Å². The molecule has 0 fully saturated rings. The summed E-state index contributed by atoms with van der Waals surface area (Å²) in [7, 11) is -4.27. The van der Waals surface area contributed by atoms with E-state index < -0.39 is 15.0 Å². The average Bonchev–Trinajstić information content (AvgIpc) is 2.78. The fraction of sp³-hybridized carbons (Fsp3) is 0.174. The van der Waals surface area contributed by atoms with Gasteiger partial charge in [0.2, 0.25) is 0 Å². The molecule has 0 spiro atoms. The molecular formula is C23H22N2O6S. The van der Waals surface area contributed by atoms with E-state index in [4.69, 9.17) is 4.18 Å². The number of non-ortho nitro benzene ring substituents is 1. The summed E-state index contributed by atoms with van der Waals surface area (Å²) in [5.41, 5.74) is 0.802. The summed E-state index contributed by atoms with van der Waals surface area (Å²) in [5.74, 6) is -0.320. The first kappa shape index (κ1) is 23.0. The predicted molar refractivity (Wildman–Crippen MR) is 119 cm³/mol. The van der Waals surface area contributed by atoms with Crippen molar-refractivity contribution in [3.63, 3.8) is 0 Å². The van der Waals surface area contributed by atoms with E-state index in [0.717, 1.165) is 11.6 Å². The fourth-order valence-corrected chi connectivity index (χ4v) is 3.95. The number of hydrogen-bond acceptors (Lipinski definition) is 6. The molecule has 0 radical (unpaired) electrons. The monoisotopic (exact) mass is 454 g/mol. The van der Waals surface area contributed by atoms with E-state index in [2.05, 4.69) is 5.32 Å². The zero-order valence-corrected chi connectivity index (χ0v) is 18.3. The molecule has 0 aromatic heterocycles. The third-order valence-corrected chi connectivity index (χ3v) is 6.13. The fourth-order valence-electron chi connectivity index (χ4n) is 2.98. The Balaban J connectivity index is 1.66. The van der Waals surface area contributed by atoms with Crippen LogP contribution in [-0.2, 0) is 15.5 Å². The number of nitrogens with one attached hydrogen (secondary N) is 1. The number of carbonyl (C=O) groups is 1. The van der Waals surface area contributed by atoms with Crippen molar-refractivity contribution in [2.75, 3.05) is 6.54 Å². The van der Waals surface area contributed by atoms with Crippen molar-refractivity contribution in [2.45, 2.75) is 24.2 Å². The molecule has 0 bridgehead atoms. The van der Waals surface area contributed by atoms with Crippen LogP contribution in [0.25, 0.3) is 0 Å². The first-order valence-corrected chi connectivity index (χ1v) is 11.1. The lowest BCUT2D eigenvalue weighted by Crippen LogP contribution is -2.36. The molecule has 3 aromatic carbocycles. The molecule has 0 atom stereocenters. The molecule has 0 heterocycles. The minimum absolute atomic E-state index is 0.0160. The molecule has 0 aliphatic heterocycles. The van der Waals surface area contributed by atoms with Gasteiger partial charge in [-0.2, -0.15) is 8.42 Å². The molecule has 0 aliphatic carbocycles. The summed E-state index contributed by atoms with van der Waals surface area (Å²) >= 11 is 0. The van der Waals surface area contributed by atoms with Crippen molar-refractivity contribution >= 4 is 21.7 Å². The van der Waals surface area contributed by atoms with E-state index in [-0.39, 0.29) is 27.7 Å². The van der Waals surface area contributed by atoms with Crippen LogP contribution in [0.15, 0.2) is 83.8 Å². The summed E-state index contributed by atoms with van der Waals surface area (Å²) < 4.78 is 29.9. The number of amides is 1. The Bertz CT molecular complexity index is 1220. The quantitative estimate of drug-likeness (QED) is 0.312. The van der Waals surface area contributed by atoms with Gasteiger partial charge in [-0.15, -0.1) is 0 Å². The number of rotatable bonds is 8. The van der Waals surface area contributed by atoms with Gasteiger partial charge in [-0.3, -0.25) is 14.9 Å². The Labute approximate surface area is 186 Å². The molecule has 0 aliphatic rings. The second kappa shape index (κ2) is 9.19. The minimum Gasteiger partial charge on any atom is -0.379 e. The van der Waals surface area contributed by atoms with Gasteiger partial charge in [-0.05, 0) is 35.9 Å². The van der Waals surface area contributed by atoms with E-state index in [1.807, 2.05) is 44.2 Å². The average molecular weight is 455 g/mol. The smallest absolute Gasteiger partial charge is 0.339 e. The van der Waals surface area contributed by atoms with Crippen molar-refractivity contribution in [1.29, 1.82) is 0 Å². The Kier molecular flexibility index (Phi) is 6.59. The lowest BCUT2D eigenvalue weighted by molar-refractivity contribution is -0.385. The van der Waals surface area contributed by atoms with E-state index in [9.17, 15) is 23.3 Å². The van der Waals surface area contributed by atoms with Crippen LogP contribution >= 0.6 is 0 Å². The van der Waals surface area contributed by atoms with Gasteiger partial charge in [0.1, 0.15) is 10.6 Å². The molecule has 0 saturated heterocycles. The van der Waals surface area contributed by atoms with Gasteiger partial charge in [0.05, 0.1) is 4.92 Å². The first-order valence-electron chi connectivity index (χ1n) is 9.71. The molecule has 1 N–H and O–H groups in total. The van der Waals surface area contributed by atoms with Crippen LogP contribution in [0.3, 0.4) is 0 Å². The Morgan fingerprint density at radius 3 is 2.28 bits per heavy atom. The Hall–Kier alpha value is -3.72. The topological polar surface area (TPSA) is 116 Å². The normalized spacial score (nSPS) is 11.6. The molecule has 9 heteroatoms. The van der Waals surface area contributed by atoms with Gasteiger partial charge in [0.15, 0.2) is 0 Å². The number of benzene rings is 3. The summed E-state index contributed by atoms with van der Waals surface area (Å²) in [6.07, 6.45) is 0. The second-order valence-corrected chi connectivity index (χ2v) is 9.30. The van der Waals surface area contributed by atoms with Crippen LogP contribution in [0.1, 0.15) is 29.8 Å². The van der Waals surface area contributed by atoms with Crippen LogP contribution in [0.4, 0.5) is 5.69 Å². The Morgan fingerprint density at radius 2 is 1.66 bits per heavy atom. The van der Waals surface area contributed by atoms with Gasteiger partial charge < -0.3 is 9.50 Å². The van der Waals surface area contributed by atoms with Gasteiger partial charge >= 0.3 is 10.1 Å². The predicted octanol–water partition coefficient (Wildman–Crippen LogP) is 4.07. The number of nitro benzene ring substituents is 1. The van der Waals surface area contributed by atoms with Crippen molar-refractivity contribution in [3.8, 4) is 5.75 Å². The summed E-state index contributed by atoms with van der Waals surface area (Å²) in [4.78, 5) is 22.4. The molecule has 166 valence electrons. The highest BCUT2D eigenvalue weighted by atomic mass is 32.2. The molecule has 32 heavy (non-hydrogen) atoms. The third-order valence-electron chi connectivity index (χ3n) is 4.89. The highest BCUT2D eigenvalue weighted by molar-refractivity contribution is 7.87. The number of carbonyl (C=O) groups excluding carboxylic acids is 1. The maximum atomic E-state index is 12.5. The molecule has 0 saturated carbocycles. The third kappa shape index (κ3) is 5.50. The van der Waals surface area contributed by atoms with E-state index >= 15 is 0 Å². The molecule has 3 aromatic rings. The van der Waals surface area contributed by atoms with Crippen LogP contribution < -0.4 is 9.50 Å². The lowest BCUT2D eigenvalue weighted by Gasteiger charge is -2.25. The first-order chi connectivity index (χ1) is 15.1. The molecule has 0 unspecified atom stereocenters. The maximum absolute atomic E-state index is 12.5. The molecule has 3 rings (SSSR count). The van der Waals surface area contributed by atoms with E-state index in [0.29, 0.717) is 12.1 Å². The number of nitro groups is 1. The highest BCUT2D eigenvalue weighted by Gasteiger charge is 2.22. The van der Waals surface area contributed by atoms with Crippen LogP contribution in [-0.4, -0.2) is 25.8 Å². The van der Waals surface area contributed by atoms with E-state index in [1.54, 1.807) is 0 Å². The van der Waals surface area contributed by atoms with Gasteiger partial charge in [0, 0.05) is 29.7 Å². The highest BCUT2D eigenvalue weighted by Crippen LogP contribution is 2.24. The zero-order valence-electron chi connectivity index (χ0n) is 17.5. The molecular weight excluding hydrogens is 432 g/mol. The summed E-state index contributed by atoms with van der Waals surface area (Å²) in [5, 5.41) is 13.8. The minimum atomic E-state index is -4.27. The standard InChI is InChI=1S/C23H22N2O6S/c1-23(2,18-7-4-3-5-8-18)16-24-22(26)17-11-13-20(14-12-17)31-32(29,30)21-10-6-9-19(15-21)25(27)28/h3-15H,16H2,1-2H3,(H,24,26). The van der Waals surface area contributed by atoms with Gasteiger partial charge in [0.25, 0.3) is 11.6 Å².